The van der Waals surface area contributed by atoms with Gasteiger partial charge < -0.3 is 21.8 Å². The summed E-state index contributed by atoms with van der Waals surface area (Å²) in [7, 11) is -4.87. The van der Waals surface area contributed by atoms with Crippen molar-refractivity contribution in [1.82, 2.24) is 0 Å². The van der Waals surface area contributed by atoms with E-state index in [4.69, 9.17) is 21.8 Å². The van der Waals surface area contributed by atoms with Gasteiger partial charge in [-0.1, -0.05) is 39.0 Å². The van der Waals surface area contributed by atoms with Crippen molar-refractivity contribution >= 4 is 18.3 Å². The standard InChI is InChI=1S/C16H38O5Si2/c1-6-11-12-13-14-15-16-23(19-9-4,20-10-5)21-22(17-7-2)18-8-3/h22H,6-16H2,1-5H3. The van der Waals surface area contributed by atoms with E-state index in [1.54, 1.807) is 0 Å². The minimum Gasteiger partial charge on any atom is -0.377 e. The van der Waals surface area contributed by atoms with Crippen molar-refractivity contribution in [3.8, 4) is 0 Å². The smallest absolute Gasteiger partial charge is 0.377 e. The Morgan fingerprint density at radius 3 is 1.65 bits per heavy atom. The first-order valence-corrected chi connectivity index (χ1v) is 12.7. The zero-order valence-corrected chi connectivity index (χ0v) is 18.1. The molecule has 140 valence electrons. The highest BCUT2D eigenvalue weighted by Gasteiger charge is 2.43. The number of unbranched alkanes of at least 4 members (excludes halogenated alkanes) is 5. The molecule has 0 amide bonds. The number of rotatable bonds is 17. The molecule has 0 aliphatic heterocycles. The third kappa shape index (κ3) is 11.4. The van der Waals surface area contributed by atoms with Gasteiger partial charge in [-0.15, -0.1) is 0 Å². The van der Waals surface area contributed by atoms with E-state index in [-0.39, 0.29) is 0 Å². The minimum absolute atomic E-state index is 0.594. The average molecular weight is 367 g/mol. The fourth-order valence-electron chi connectivity index (χ4n) is 2.41. The highest BCUT2D eigenvalue weighted by molar-refractivity contribution is 6.67. The molecule has 0 aliphatic rings. The van der Waals surface area contributed by atoms with Crippen molar-refractivity contribution in [2.24, 2.45) is 0 Å². The summed E-state index contributed by atoms with van der Waals surface area (Å²) in [6.45, 7) is 12.5. The molecular weight excluding hydrogens is 328 g/mol. The van der Waals surface area contributed by atoms with E-state index in [0.717, 1.165) is 12.5 Å². The van der Waals surface area contributed by atoms with Crippen molar-refractivity contribution in [2.45, 2.75) is 79.2 Å². The van der Waals surface area contributed by atoms with Gasteiger partial charge in [-0.3, -0.25) is 0 Å². The maximum absolute atomic E-state index is 6.22. The van der Waals surface area contributed by atoms with Gasteiger partial charge in [0.25, 0.3) is 0 Å². The lowest BCUT2D eigenvalue weighted by molar-refractivity contribution is 0.0690. The summed E-state index contributed by atoms with van der Waals surface area (Å²) in [6, 6.07) is 0.852. The summed E-state index contributed by atoms with van der Waals surface area (Å²) >= 11 is 0. The molecule has 7 heteroatoms. The topological polar surface area (TPSA) is 46.2 Å². The van der Waals surface area contributed by atoms with Crippen LogP contribution in [0, 0.1) is 0 Å². The average Bonchev–Trinajstić information content (AvgIpc) is 2.52. The van der Waals surface area contributed by atoms with E-state index < -0.39 is 18.3 Å². The lowest BCUT2D eigenvalue weighted by Gasteiger charge is -2.31. The van der Waals surface area contributed by atoms with Crippen LogP contribution in [0.2, 0.25) is 6.04 Å². The Hall–Kier alpha value is 0.234. The fourth-order valence-corrected chi connectivity index (χ4v) is 7.72. The van der Waals surface area contributed by atoms with Crippen molar-refractivity contribution in [2.75, 3.05) is 26.4 Å². The van der Waals surface area contributed by atoms with Crippen LogP contribution in [0.4, 0.5) is 0 Å². The molecule has 0 saturated heterocycles. The van der Waals surface area contributed by atoms with Crippen LogP contribution in [0.1, 0.15) is 73.1 Å². The van der Waals surface area contributed by atoms with Crippen LogP contribution < -0.4 is 0 Å². The molecular formula is C16H38O5Si2. The molecule has 23 heavy (non-hydrogen) atoms. The van der Waals surface area contributed by atoms with Gasteiger partial charge in [0.05, 0.1) is 0 Å². The molecule has 0 atom stereocenters. The van der Waals surface area contributed by atoms with Crippen molar-refractivity contribution in [3.05, 3.63) is 0 Å². The minimum atomic E-state index is -2.69. The van der Waals surface area contributed by atoms with E-state index in [0.29, 0.717) is 26.4 Å². The third-order valence-corrected chi connectivity index (χ3v) is 9.29. The summed E-state index contributed by atoms with van der Waals surface area (Å²) in [6.07, 6.45) is 7.46. The maximum Gasteiger partial charge on any atom is 0.493 e. The zero-order valence-electron chi connectivity index (χ0n) is 15.9. The first kappa shape index (κ1) is 23.2. The Balaban J connectivity index is 4.58. The largest absolute Gasteiger partial charge is 0.493 e. The fraction of sp³-hybridized carbons (Fsp3) is 1.00. The second-order valence-corrected chi connectivity index (χ2v) is 10.0. The van der Waals surface area contributed by atoms with Gasteiger partial charge in [-0.05, 0) is 34.1 Å². The van der Waals surface area contributed by atoms with E-state index in [2.05, 4.69) is 6.92 Å². The molecule has 0 N–H and O–H groups in total. The molecule has 0 aliphatic carbocycles. The summed E-state index contributed by atoms with van der Waals surface area (Å²) in [4.78, 5) is 0. The van der Waals surface area contributed by atoms with E-state index >= 15 is 0 Å². The molecule has 0 heterocycles. The second kappa shape index (κ2) is 15.7. The van der Waals surface area contributed by atoms with Gasteiger partial charge in [0, 0.05) is 32.5 Å². The second-order valence-electron chi connectivity index (χ2n) is 5.38. The van der Waals surface area contributed by atoms with Gasteiger partial charge in [0.1, 0.15) is 0 Å². The normalized spacial score (nSPS) is 12.3. The highest BCUT2D eigenvalue weighted by atomic mass is 28.4. The monoisotopic (exact) mass is 366 g/mol. The van der Waals surface area contributed by atoms with Crippen LogP contribution >= 0.6 is 0 Å². The molecule has 0 fully saturated rings. The number of hydrogen-bond acceptors (Lipinski definition) is 5. The Morgan fingerprint density at radius 2 is 1.17 bits per heavy atom. The van der Waals surface area contributed by atoms with Gasteiger partial charge in [-0.2, -0.15) is 0 Å². The summed E-state index contributed by atoms with van der Waals surface area (Å²) in [5, 5.41) is 0. The van der Waals surface area contributed by atoms with Gasteiger partial charge in [-0.25, -0.2) is 0 Å². The quantitative estimate of drug-likeness (QED) is 0.286. The van der Waals surface area contributed by atoms with Crippen LogP contribution in [-0.2, 0) is 21.8 Å². The first-order valence-electron chi connectivity index (χ1n) is 9.36. The molecule has 0 aromatic rings. The van der Waals surface area contributed by atoms with Gasteiger partial charge in [0.15, 0.2) is 0 Å². The van der Waals surface area contributed by atoms with Crippen LogP contribution in [0.3, 0.4) is 0 Å². The predicted molar refractivity (Wildman–Crippen MR) is 98.7 cm³/mol. The molecule has 0 aromatic carbocycles. The van der Waals surface area contributed by atoms with Crippen LogP contribution in [0.5, 0.6) is 0 Å². The van der Waals surface area contributed by atoms with Gasteiger partial charge in [0.2, 0.25) is 0 Å². The van der Waals surface area contributed by atoms with Gasteiger partial charge >= 0.3 is 18.3 Å². The van der Waals surface area contributed by atoms with Crippen LogP contribution in [0.25, 0.3) is 0 Å². The Morgan fingerprint density at radius 1 is 0.652 bits per heavy atom. The molecule has 5 nitrogen and oxygen atoms in total. The Labute approximate surface area is 146 Å². The third-order valence-electron chi connectivity index (χ3n) is 3.45. The lowest BCUT2D eigenvalue weighted by Crippen LogP contribution is -2.51. The lowest BCUT2D eigenvalue weighted by atomic mass is 10.1. The van der Waals surface area contributed by atoms with E-state index in [9.17, 15) is 0 Å². The van der Waals surface area contributed by atoms with Crippen LogP contribution in [-0.4, -0.2) is 44.8 Å². The van der Waals surface area contributed by atoms with E-state index in [1.807, 2.05) is 27.7 Å². The summed E-state index contributed by atoms with van der Waals surface area (Å²) < 4.78 is 29.5. The first-order chi connectivity index (χ1) is 11.2. The molecule has 0 unspecified atom stereocenters. The highest BCUT2D eigenvalue weighted by Crippen LogP contribution is 2.22. The molecule has 0 saturated carbocycles. The van der Waals surface area contributed by atoms with Crippen LogP contribution in [0.15, 0.2) is 0 Å². The number of hydrogen-bond donors (Lipinski definition) is 0. The predicted octanol–water partition coefficient (Wildman–Crippen LogP) is 4.17. The maximum atomic E-state index is 6.22. The molecule has 0 aromatic heterocycles. The molecule has 0 bridgehead atoms. The molecule has 0 rings (SSSR count). The SMILES string of the molecule is CCCCCCCC[Si](OCC)(OCC)O[SiH](OCC)OCC. The summed E-state index contributed by atoms with van der Waals surface area (Å²) in [5.41, 5.74) is 0. The van der Waals surface area contributed by atoms with Crippen molar-refractivity contribution in [3.63, 3.8) is 0 Å². The van der Waals surface area contributed by atoms with Crippen molar-refractivity contribution in [1.29, 1.82) is 0 Å². The summed E-state index contributed by atoms with van der Waals surface area (Å²) in [5.74, 6) is 0. The molecule has 0 radical (unpaired) electrons. The van der Waals surface area contributed by atoms with Crippen molar-refractivity contribution < 1.29 is 21.8 Å². The zero-order chi connectivity index (χ0) is 17.4. The molecule has 0 spiro atoms. The van der Waals surface area contributed by atoms with E-state index in [1.165, 1.54) is 32.1 Å². The Bertz CT molecular complexity index is 245. The Kier molecular flexibility index (Phi) is 15.9.